The Balaban J connectivity index is 2.08. The SMILES string of the molecule is COC1(CNCCCCO)CCOC1. The Morgan fingerprint density at radius 1 is 1.50 bits per heavy atom. The first-order chi connectivity index (χ1) is 6.83. The number of ether oxygens (including phenoxy) is 2. The largest absolute Gasteiger partial charge is 0.396 e. The smallest absolute Gasteiger partial charge is 0.106 e. The molecule has 0 aromatic carbocycles. The van der Waals surface area contributed by atoms with E-state index in [9.17, 15) is 0 Å². The first kappa shape index (κ1) is 11.9. The highest BCUT2D eigenvalue weighted by molar-refractivity contribution is 4.86. The van der Waals surface area contributed by atoms with E-state index < -0.39 is 0 Å². The van der Waals surface area contributed by atoms with Crippen LogP contribution in [0.5, 0.6) is 0 Å². The van der Waals surface area contributed by atoms with Crippen LogP contribution in [0.3, 0.4) is 0 Å². The minimum atomic E-state index is -0.112. The van der Waals surface area contributed by atoms with Gasteiger partial charge in [0.05, 0.1) is 6.61 Å². The number of methoxy groups -OCH3 is 1. The molecule has 4 heteroatoms. The highest BCUT2D eigenvalue weighted by atomic mass is 16.5. The lowest BCUT2D eigenvalue weighted by molar-refractivity contribution is -0.0156. The Kier molecular flexibility index (Phi) is 5.40. The van der Waals surface area contributed by atoms with Crippen LogP contribution in [0.15, 0.2) is 0 Å². The van der Waals surface area contributed by atoms with Crippen molar-refractivity contribution in [2.75, 3.05) is 40.0 Å². The summed E-state index contributed by atoms with van der Waals surface area (Å²) < 4.78 is 10.8. The van der Waals surface area contributed by atoms with E-state index in [0.29, 0.717) is 6.61 Å². The van der Waals surface area contributed by atoms with Crippen LogP contribution in [0.2, 0.25) is 0 Å². The van der Waals surface area contributed by atoms with Gasteiger partial charge in [0, 0.05) is 33.3 Å². The number of rotatable bonds is 7. The third-order valence-corrected chi connectivity index (χ3v) is 2.71. The van der Waals surface area contributed by atoms with E-state index in [1.807, 2.05) is 0 Å². The van der Waals surface area contributed by atoms with E-state index >= 15 is 0 Å². The Labute approximate surface area is 85.6 Å². The maximum atomic E-state index is 8.60. The number of aliphatic hydroxyl groups is 1. The number of hydrogen-bond donors (Lipinski definition) is 2. The van der Waals surface area contributed by atoms with Crippen LogP contribution in [0.4, 0.5) is 0 Å². The van der Waals surface area contributed by atoms with E-state index in [2.05, 4.69) is 5.32 Å². The third-order valence-electron chi connectivity index (χ3n) is 2.71. The van der Waals surface area contributed by atoms with Gasteiger partial charge in [-0.3, -0.25) is 0 Å². The van der Waals surface area contributed by atoms with Crippen molar-refractivity contribution in [3.05, 3.63) is 0 Å². The number of hydrogen-bond acceptors (Lipinski definition) is 4. The normalized spacial score (nSPS) is 27.0. The molecule has 1 saturated heterocycles. The van der Waals surface area contributed by atoms with Crippen molar-refractivity contribution in [1.29, 1.82) is 0 Å². The van der Waals surface area contributed by atoms with Crippen molar-refractivity contribution in [3.8, 4) is 0 Å². The second-order valence-corrected chi connectivity index (χ2v) is 3.80. The molecule has 1 unspecified atom stereocenters. The molecule has 0 aromatic rings. The molecule has 0 radical (unpaired) electrons. The average Bonchev–Trinajstić information content (AvgIpc) is 2.67. The fourth-order valence-electron chi connectivity index (χ4n) is 1.64. The summed E-state index contributed by atoms with van der Waals surface area (Å²) in [6.45, 7) is 3.55. The summed E-state index contributed by atoms with van der Waals surface area (Å²) in [6.07, 6.45) is 2.84. The highest BCUT2D eigenvalue weighted by Gasteiger charge is 2.34. The summed E-state index contributed by atoms with van der Waals surface area (Å²) in [5.41, 5.74) is -0.112. The van der Waals surface area contributed by atoms with Gasteiger partial charge in [0.15, 0.2) is 0 Å². The average molecular weight is 203 g/mol. The van der Waals surface area contributed by atoms with Crippen LogP contribution in [0.25, 0.3) is 0 Å². The minimum absolute atomic E-state index is 0.112. The molecule has 1 aliphatic heterocycles. The van der Waals surface area contributed by atoms with Crippen molar-refractivity contribution in [2.24, 2.45) is 0 Å². The number of unbranched alkanes of at least 4 members (excludes halogenated alkanes) is 1. The molecule has 1 fully saturated rings. The summed E-state index contributed by atoms with van der Waals surface area (Å²) in [7, 11) is 1.74. The zero-order chi connectivity index (χ0) is 10.3. The Hall–Kier alpha value is -0.160. The van der Waals surface area contributed by atoms with Gasteiger partial charge in [-0.2, -0.15) is 0 Å². The van der Waals surface area contributed by atoms with Gasteiger partial charge in [0.2, 0.25) is 0 Å². The third kappa shape index (κ3) is 3.53. The van der Waals surface area contributed by atoms with Crippen LogP contribution >= 0.6 is 0 Å². The topological polar surface area (TPSA) is 50.7 Å². The molecule has 0 saturated carbocycles. The number of nitrogens with one attached hydrogen (secondary N) is 1. The molecule has 1 rings (SSSR count). The fraction of sp³-hybridized carbons (Fsp3) is 1.00. The van der Waals surface area contributed by atoms with Crippen molar-refractivity contribution >= 4 is 0 Å². The maximum absolute atomic E-state index is 8.60. The summed E-state index contributed by atoms with van der Waals surface area (Å²) in [4.78, 5) is 0. The van der Waals surface area contributed by atoms with Gasteiger partial charge in [-0.1, -0.05) is 0 Å². The maximum Gasteiger partial charge on any atom is 0.106 e. The monoisotopic (exact) mass is 203 g/mol. The van der Waals surface area contributed by atoms with Crippen LogP contribution in [0, 0.1) is 0 Å². The van der Waals surface area contributed by atoms with Gasteiger partial charge in [0.1, 0.15) is 5.60 Å². The van der Waals surface area contributed by atoms with Crippen molar-refractivity contribution < 1.29 is 14.6 Å². The van der Waals surface area contributed by atoms with Gasteiger partial charge in [-0.05, 0) is 19.4 Å². The molecule has 2 N–H and O–H groups in total. The molecule has 0 bridgehead atoms. The minimum Gasteiger partial charge on any atom is -0.396 e. The van der Waals surface area contributed by atoms with Crippen LogP contribution in [-0.4, -0.2) is 50.7 Å². The Bertz CT molecular complexity index is 146. The quantitative estimate of drug-likeness (QED) is 0.578. The molecule has 1 atom stereocenters. The number of aliphatic hydroxyl groups excluding tert-OH is 1. The standard InChI is InChI=1S/C10H21NO3/c1-13-10(4-7-14-9-10)8-11-5-2-3-6-12/h11-12H,2-9H2,1H3. The van der Waals surface area contributed by atoms with Gasteiger partial charge < -0.3 is 19.9 Å². The molecule has 84 valence electrons. The van der Waals surface area contributed by atoms with E-state index in [1.165, 1.54) is 0 Å². The van der Waals surface area contributed by atoms with Gasteiger partial charge >= 0.3 is 0 Å². The van der Waals surface area contributed by atoms with Crippen molar-refractivity contribution in [1.82, 2.24) is 5.32 Å². The zero-order valence-corrected chi connectivity index (χ0v) is 8.92. The molecule has 1 aliphatic rings. The lowest BCUT2D eigenvalue weighted by atomic mass is 10.0. The first-order valence-corrected chi connectivity index (χ1v) is 5.27. The molecular formula is C10H21NO3. The Morgan fingerprint density at radius 3 is 2.93 bits per heavy atom. The lowest BCUT2D eigenvalue weighted by Crippen LogP contribution is -2.43. The molecule has 0 aromatic heterocycles. The molecule has 1 heterocycles. The predicted molar refractivity (Wildman–Crippen MR) is 54.4 cm³/mol. The van der Waals surface area contributed by atoms with Gasteiger partial charge in [-0.25, -0.2) is 0 Å². The summed E-state index contributed by atoms with van der Waals surface area (Å²) in [6, 6.07) is 0. The second kappa shape index (κ2) is 6.35. The fourth-order valence-corrected chi connectivity index (χ4v) is 1.64. The first-order valence-electron chi connectivity index (χ1n) is 5.27. The van der Waals surface area contributed by atoms with Crippen LogP contribution in [0.1, 0.15) is 19.3 Å². The molecule has 0 amide bonds. The van der Waals surface area contributed by atoms with Crippen LogP contribution < -0.4 is 5.32 Å². The Morgan fingerprint density at radius 2 is 2.36 bits per heavy atom. The van der Waals surface area contributed by atoms with Crippen LogP contribution in [-0.2, 0) is 9.47 Å². The summed E-state index contributed by atoms with van der Waals surface area (Å²) in [5, 5.41) is 11.9. The highest BCUT2D eigenvalue weighted by Crippen LogP contribution is 2.21. The van der Waals surface area contributed by atoms with Gasteiger partial charge in [0.25, 0.3) is 0 Å². The molecule has 4 nitrogen and oxygen atoms in total. The predicted octanol–water partition coefficient (Wildman–Crippen LogP) is 0.154. The molecule has 0 aliphatic carbocycles. The zero-order valence-electron chi connectivity index (χ0n) is 8.92. The van der Waals surface area contributed by atoms with E-state index in [1.54, 1.807) is 7.11 Å². The summed E-state index contributed by atoms with van der Waals surface area (Å²) in [5.74, 6) is 0. The van der Waals surface area contributed by atoms with Gasteiger partial charge in [-0.15, -0.1) is 0 Å². The van der Waals surface area contributed by atoms with Crippen molar-refractivity contribution in [2.45, 2.75) is 24.9 Å². The van der Waals surface area contributed by atoms with E-state index in [0.717, 1.165) is 39.0 Å². The molecule has 0 spiro atoms. The molecular weight excluding hydrogens is 182 g/mol. The molecule has 14 heavy (non-hydrogen) atoms. The van der Waals surface area contributed by atoms with E-state index in [4.69, 9.17) is 14.6 Å². The lowest BCUT2D eigenvalue weighted by Gasteiger charge is -2.25. The second-order valence-electron chi connectivity index (χ2n) is 3.80. The summed E-state index contributed by atoms with van der Waals surface area (Å²) >= 11 is 0. The van der Waals surface area contributed by atoms with E-state index in [-0.39, 0.29) is 12.2 Å². The van der Waals surface area contributed by atoms with Crippen molar-refractivity contribution in [3.63, 3.8) is 0 Å².